The van der Waals surface area contributed by atoms with Gasteiger partial charge in [0.2, 0.25) is 0 Å². The van der Waals surface area contributed by atoms with Gasteiger partial charge in [-0.3, -0.25) is 4.90 Å². The average molecular weight is 355 g/mol. The lowest BCUT2D eigenvalue weighted by atomic mass is 9.76. The zero-order valence-corrected chi connectivity index (χ0v) is 14.0. The molecule has 1 saturated carbocycles. The Bertz CT molecular complexity index is 490. The Balaban J connectivity index is 1.72. The third kappa shape index (κ3) is 3.17. The summed E-state index contributed by atoms with van der Waals surface area (Å²) in [5.41, 5.74) is 7.30. The van der Waals surface area contributed by atoms with Crippen LogP contribution < -0.4 is 5.73 Å². The van der Waals surface area contributed by atoms with Gasteiger partial charge in [-0.05, 0) is 56.3 Å². The first-order chi connectivity index (χ1) is 10.1. The predicted octanol–water partition coefficient (Wildman–Crippen LogP) is 4.24. The Morgan fingerprint density at radius 1 is 1.19 bits per heavy atom. The smallest absolute Gasteiger partial charge is 0.129 e. The lowest BCUT2D eigenvalue weighted by molar-refractivity contribution is 0.0768. The molecule has 1 atom stereocenters. The molecule has 4 heteroatoms. The number of hydrogen-bond donors (Lipinski definition) is 1. The van der Waals surface area contributed by atoms with Crippen molar-refractivity contribution in [3.63, 3.8) is 0 Å². The van der Waals surface area contributed by atoms with Gasteiger partial charge < -0.3 is 5.73 Å². The van der Waals surface area contributed by atoms with Crippen molar-refractivity contribution in [2.24, 2.45) is 11.1 Å². The van der Waals surface area contributed by atoms with Crippen LogP contribution in [0.2, 0.25) is 0 Å². The van der Waals surface area contributed by atoms with Crippen LogP contribution in [0.25, 0.3) is 0 Å². The van der Waals surface area contributed by atoms with Crippen molar-refractivity contribution in [3.05, 3.63) is 34.1 Å². The minimum atomic E-state index is -0.152. The van der Waals surface area contributed by atoms with E-state index in [0.29, 0.717) is 12.0 Å². The Labute approximate surface area is 135 Å². The predicted molar refractivity (Wildman–Crippen MR) is 87.6 cm³/mol. The van der Waals surface area contributed by atoms with Gasteiger partial charge in [-0.15, -0.1) is 0 Å². The molecule has 1 aliphatic carbocycles. The first kappa shape index (κ1) is 15.4. The fourth-order valence-corrected chi connectivity index (χ4v) is 4.51. The van der Waals surface area contributed by atoms with Crippen molar-refractivity contribution in [3.8, 4) is 0 Å². The van der Waals surface area contributed by atoms with E-state index in [0.717, 1.165) is 23.1 Å². The topological polar surface area (TPSA) is 29.3 Å². The molecule has 1 aromatic rings. The van der Waals surface area contributed by atoms with Gasteiger partial charge in [-0.25, -0.2) is 4.39 Å². The van der Waals surface area contributed by atoms with Crippen molar-refractivity contribution in [2.45, 2.75) is 44.6 Å². The van der Waals surface area contributed by atoms with Crippen molar-refractivity contribution in [2.75, 3.05) is 19.6 Å². The molecule has 2 fully saturated rings. The maximum absolute atomic E-state index is 14.2. The first-order valence-electron chi connectivity index (χ1n) is 8.03. The monoisotopic (exact) mass is 354 g/mol. The van der Waals surface area contributed by atoms with Gasteiger partial charge in [0.25, 0.3) is 0 Å². The molecule has 1 saturated heterocycles. The number of nitrogens with zero attached hydrogens (tertiary/aromatic N) is 1. The molecular formula is C17H24BrFN2. The number of rotatable bonds is 3. The number of nitrogens with two attached hydrogens (primary N) is 1. The molecule has 1 unspecified atom stereocenters. The molecule has 0 radical (unpaired) electrons. The van der Waals surface area contributed by atoms with Crippen molar-refractivity contribution in [1.29, 1.82) is 0 Å². The van der Waals surface area contributed by atoms with E-state index in [1.54, 1.807) is 6.07 Å². The molecule has 0 bridgehead atoms. The Hall–Kier alpha value is -0.450. The summed E-state index contributed by atoms with van der Waals surface area (Å²) in [6, 6.07) is 5.33. The van der Waals surface area contributed by atoms with E-state index < -0.39 is 0 Å². The maximum atomic E-state index is 14.2. The van der Waals surface area contributed by atoms with Gasteiger partial charge in [-0.1, -0.05) is 34.8 Å². The van der Waals surface area contributed by atoms with Gasteiger partial charge in [0.05, 0.1) is 0 Å². The Morgan fingerprint density at radius 2 is 1.86 bits per heavy atom. The molecular weight excluding hydrogens is 331 g/mol. The van der Waals surface area contributed by atoms with Gasteiger partial charge in [0.15, 0.2) is 0 Å². The molecule has 1 spiro atoms. The molecule has 21 heavy (non-hydrogen) atoms. The van der Waals surface area contributed by atoms with E-state index in [1.165, 1.54) is 38.5 Å². The highest BCUT2D eigenvalue weighted by molar-refractivity contribution is 9.10. The fraction of sp³-hybridized carbons (Fsp3) is 0.647. The fourth-order valence-electron chi connectivity index (χ4n) is 4.18. The number of hydrogen-bond acceptors (Lipinski definition) is 2. The summed E-state index contributed by atoms with van der Waals surface area (Å²) in [6.45, 7) is 2.58. The summed E-state index contributed by atoms with van der Waals surface area (Å²) < 4.78 is 15.0. The van der Waals surface area contributed by atoms with Crippen LogP contribution in [0, 0.1) is 11.2 Å². The third-order valence-electron chi connectivity index (χ3n) is 5.51. The molecule has 0 amide bonds. The van der Waals surface area contributed by atoms with Crippen LogP contribution in [-0.2, 0) is 0 Å². The highest BCUT2D eigenvalue weighted by Gasteiger charge is 2.38. The van der Waals surface area contributed by atoms with Crippen LogP contribution in [0.1, 0.15) is 50.1 Å². The molecule has 1 aliphatic heterocycles. The quantitative estimate of drug-likeness (QED) is 0.879. The van der Waals surface area contributed by atoms with Crippen LogP contribution in [0.5, 0.6) is 0 Å². The molecule has 2 nitrogen and oxygen atoms in total. The minimum Gasteiger partial charge on any atom is -0.329 e. The maximum Gasteiger partial charge on any atom is 0.129 e. The van der Waals surface area contributed by atoms with E-state index in [9.17, 15) is 4.39 Å². The lowest BCUT2D eigenvalue weighted by Crippen LogP contribution is -2.43. The zero-order chi connectivity index (χ0) is 14.9. The third-order valence-corrected chi connectivity index (χ3v) is 6.00. The van der Waals surface area contributed by atoms with Crippen molar-refractivity contribution >= 4 is 15.9 Å². The van der Waals surface area contributed by atoms with E-state index in [1.807, 2.05) is 12.1 Å². The van der Waals surface area contributed by atoms with E-state index in [2.05, 4.69) is 20.8 Å². The van der Waals surface area contributed by atoms with Crippen LogP contribution in [-0.4, -0.2) is 24.5 Å². The second-order valence-corrected chi connectivity index (χ2v) is 7.58. The molecule has 2 N–H and O–H groups in total. The summed E-state index contributed by atoms with van der Waals surface area (Å²) in [5, 5.41) is 0. The van der Waals surface area contributed by atoms with E-state index in [-0.39, 0.29) is 11.9 Å². The molecule has 3 rings (SSSR count). The average Bonchev–Trinajstić information content (AvgIpc) is 2.92. The Kier molecular flexibility index (Phi) is 4.67. The number of benzene rings is 1. The number of likely N-dealkylation sites (tertiary alicyclic amines) is 1. The number of piperidine rings is 1. The van der Waals surface area contributed by atoms with Crippen molar-refractivity contribution < 1.29 is 4.39 Å². The van der Waals surface area contributed by atoms with E-state index in [4.69, 9.17) is 5.73 Å². The Morgan fingerprint density at radius 3 is 2.43 bits per heavy atom. The largest absolute Gasteiger partial charge is 0.329 e. The second-order valence-electron chi connectivity index (χ2n) is 6.66. The van der Waals surface area contributed by atoms with Gasteiger partial charge in [0.1, 0.15) is 5.82 Å². The zero-order valence-electron chi connectivity index (χ0n) is 12.5. The summed E-state index contributed by atoms with van der Waals surface area (Å²) in [4.78, 5) is 2.38. The lowest BCUT2D eigenvalue weighted by Gasteiger charge is -2.42. The van der Waals surface area contributed by atoms with Crippen LogP contribution in [0.3, 0.4) is 0 Å². The summed E-state index contributed by atoms with van der Waals surface area (Å²) >= 11 is 3.32. The summed E-state index contributed by atoms with van der Waals surface area (Å²) in [5.74, 6) is -0.152. The first-order valence-corrected chi connectivity index (χ1v) is 8.82. The van der Waals surface area contributed by atoms with Crippen LogP contribution in [0.15, 0.2) is 22.7 Å². The van der Waals surface area contributed by atoms with Gasteiger partial charge in [-0.2, -0.15) is 0 Å². The molecule has 2 aliphatic rings. The van der Waals surface area contributed by atoms with Gasteiger partial charge >= 0.3 is 0 Å². The van der Waals surface area contributed by atoms with Crippen LogP contribution >= 0.6 is 15.9 Å². The number of halogens is 2. The second kappa shape index (κ2) is 6.35. The molecule has 116 valence electrons. The molecule has 1 aromatic carbocycles. The molecule has 1 heterocycles. The van der Waals surface area contributed by atoms with Crippen molar-refractivity contribution in [1.82, 2.24) is 4.90 Å². The van der Waals surface area contributed by atoms with E-state index >= 15 is 0 Å². The minimum absolute atomic E-state index is 0.0110. The van der Waals surface area contributed by atoms with Crippen LogP contribution in [0.4, 0.5) is 4.39 Å². The normalized spacial score (nSPS) is 23.6. The summed E-state index contributed by atoms with van der Waals surface area (Å²) in [6.07, 6.45) is 8.06. The highest BCUT2D eigenvalue weighted by atomic mass is 79.9. The standard InChI is InChI=1S/C17H24BrFN2/c18-13-3-4-14(15(19)11-13)16(12-20)21-9-7-17(8-10-21)5-1-2-6-17/h3-4,11,16H,1-2,5-10,12,20H2. The highest BCUT2D eigenvalue weighted by Crippen LogP contribution is 2.47. The SMILES string of the molecule is NCC(c1ccc(Br)cc1F)N1CCC2(CCCC2)CC1. The molecule has 0 aromatic heterocycles. The van der Waals surface area contributed by atoms with Gasteiger partial charge in [0, 0.05) is 22.6 Å². The summed E-state index contributed by atoms with van der Waals surface area (Å²) in [7, 11) is 0.